The van der Waals surface area contributed by atoms with Crippen molar-refractivity contribution in [1.29, 1.82) is 0 Å². The molecular weight excluding hydrogens is 276 g/mol. The van der Waals surface area contributed by atoms with Gasteiger partial charge in [-0.1, -0.05) is 13.0 Å². The summed E-state index contributed by atoms with van der Waals surface area (Å²) >= 11 is 0. The van der Waals surface area contributed by atoms with Gasteiger partial charge in [-0.05, 0) is 44.6 Å². The third kappa shape index (κ3) is 5.92. The van der Waals surface area contributed by atoms with Crippen LogP contribution in [-0.2, 0) is 6.54 Å². The topological polar surface area (TPSA) is 58.5 Å². The second-order valence-corrected chi connectivity index (χ2v) is 5.91. The number of ether oxygens (including phenoxy) is 1. The molecule has 0 bridgehead atoms. The lowest BCUT2D eigenvalue weighted by atomic mass is 10.3. The Hall–Kier alpha value is -1.78. The van der Waals surface area contributed by atoms with Crippen molar-refractivity contribution in [3.63, 3.8) is 0 Å². The van der Waals surface area contributed by atoms with Gasteiger partial charge in [-0.25, -0.2) is 9.98 Å². The Morgan fingerprint density at radius 2 is 2.23 bits per heavy atom. The number of aliphatic imine (C=N–C) groups is 1. The average Bonchev–Trinajstić information content (AvgIpc) is 3.36. The molecule has 1 heterocycles. The molecule has 2 rings (SSSR count). The lowest BCUT2D eigenvalue weighted by Gasteiger charge is -2.16. The zero-order valence-corrected chi connectivity index (χ0v) is 13.9. The summed E-state index contributed by atoms with van der Waals surface area (Å²) in [5, 5.41) is 6.65. The first-order chi connectivity index (χ1) is 10.7. The smallest absolute Gasteiger partial charge is 0.213 e. The number of nitrogens with one attached hydrogen (secondary N) is 2. The number of guanidine groups is 1. The van der Waals surface area contributed by atoms with Crippen LogP contribution in [0, 0.1) is 5.92 Å². The van der Waals surface area contributed by atoms with Crippen LogP contribution in [0.5, 0.6) is 5.88 Å². The molecule has 0 aliphatic heterocycles. The Bertz CT molecular complexity index is 468. The van der Waals surface area contributed by atoms with Gasteiger partial charge < -0.3 is 15.4 Å². The number of nitrogens with zero attached hydrogens (tertiary/aromatic N) is 2. The first kappa shape index (κ1) is 16.6. The normalized spacial score (nSPS) is 16.2. The van der Waals surface area contributed by atoms with Gasteiger partial charge in [0.15, 0.2) is 5.96 Å². The predicted octanol–water partition coefficient (Wildman–Crippen LogP) is 2.72. The van der Waals surface area contributed by atoms with E-state index in [2.05, 4.69) is 41.4 Å². The second-order valence-electron chi connectivity index (χ2n) is 5.91. The molecule has 0 saturated heterocycles. The summed E-state index contributed by atoms with van der Waals surface area (Å²) in [4.78, 5) is 8.95. The second kappa shape index (κ2) is 8.61. The van der Waals surface area contributed by atoms with E-state index in [1.165, 1.54) is 12.8 Å². The molecule has 0 amide bonds. The molecule has 1 fully saturated rings. The standard InChI is InChI=1S/C17H28N4O/c1-4-13(3)21-17(18-5-2)20-11-15-8-9-16(19-10-15)22-12-14-6-7-14/h8-10,13-14H,4-7,11-12H2,1-3H3,(H2,18,20,21). The van der Waals surface area contributed by atoms with Crippen molar-refractivity contribution in [3.8, 4) is 5.88 Å². The molecule has 5 nitrogen and oxygen atoms in total. The Balaban J connectivity index is 1.85. The lowest BCUT2D eigenvalue weighted by Crippen LogP contribution is -2.41. The van der Waals surface area contributed by atoms with Crippen LogP contribution in [0.15, 0.2) is 23.3 Å². The molecule has 0 radical (unpaired) electrons. The Morgan fingerprint density at radius 3 is 2.82 bits per heavy atom. The van der Waals surface area contributed by atoms with Gasteiger partial charge in [0.2, 0.25) is 5.88 Å². The van der Waals surface area contributed by atoms with E-state index in [1.54, 1.807) is 0 Å². The van der Waals surface area contributed by atoms with Crippen molar-refractivity contribution in [2.75, 3.05) is 13.2 Å². The molecule has 1 aromatic rings. The molecular formula is C17H28N4O. The van der Waals surface area contributed by atoms with E-state index < -0.39 is 0 Å². The maximum absolute atomic E-state index is 5.64. The third-order valence-corrected chi connectivity index (χ3v) is 3.72. The summed E-state index contributed by atoms with van der Waals surface area (Å²) in [5.74, 6) is 2.32. The van der Waals surface area contributed by atoms with E-state index >= 15 is 0 Å². The van der Waals surface area contributed by atoms with Crippen molar-refractivity contribution in [3.05, 3.63) is 23.9 Å². The van der Waals surface area contributed by atoms with E-state index in [0.29, 0.717) is 18.5 Å². The SMILES string of the molecule is CCNC(=NCc1ccc(OCC2CC2)nc1)NC(C)CC. The zero-order chi connectivity index (χ0) is 15.8. The minimum absolute atomic E-state index is 0.411. The summed E-state index contributed by atoms with van der Waals surface area (Å²) in [6.07, 6.45) is 5.50. The molecule has 122 valence electrons. The van der Waals surface area contributed by atoms with E-state index in [1.807, 2.05) is 18.3 Å². The fourth-order valence-corrected chi connectivity index (χ4v) is 1.90. The molecule has 0 spiro atoms. The fourth-order valence-electron chi connectivity index (χ4n) is 1.90. The van der Waals surface area contributed by atoms with E-state index in [-0.39, 0.29) is 0 Å². The van der Waals surface area contributed by atoms with E-state index in [0.717, 1.165) is 37.0 Å². The van der Waals surface area contributed by atoms with Gasteiger partial charge in [0.1, 0.15) is 0 Å². The summed E-state index contributed by atoms with van der Waals surface area (Å²) in [6, 6.07) is 4.38. The Kier molecular flexibility index (Phi) is 6.49. The quantitative estimate of drug-likeness (QED) is 0.573. The highest BCUT2D eigenvalue weighted by molar-refractivity contribution is 5.80. The molecule has 22 heavy (non-hydrogen) atoms. The minimum atomic E-state index is 0.411. The first-order valence-electron chi connectivity index (χ1n) is 8.33. The molecule has 1 aliphatic carbocycles. The molecule has 1 atom stereocenters. The van der Waals surface area contributed by atoms with Crippen molar-refractivity contribution in [2.24, 2.45) is 10.9 Å². The summed E-state index contributed by atoms with van der Waals surface area (Å²) < 4.78 is 5.64. The highest BCUT2D eigenvalue weighted by Crippen LogP contribution is 2.29. The summed E-state index contributed by atoms with van der Waals surface area (Å²) in [5.41, 5.74) is 1.08. The third-order valence-electron chi connectivity index (χ3n) is 3.72. The largest absolute Gasteiger partial charge is 0.477 e. The van der Waals surface area contributed by atoms with Gasteiger partial charge >= 0.3 is 0 Å². The molecule has 5 heteroatoms. The predicted molar refractivity (Wildman–Crippen MR) is 90.2 cm³/mol. The van der Waals surface area contributed by atoms with Gasteiger partial charge in [-0.2, -0.15) is 0 Å². The van der Waals surface area contributed by atoms with Crippen LogP contribution in [0.3, 0.4) is 0 Å². The molecule has 0 aromatic carbocycles. The minimum Gasteiger partial charge on any atom is -0.477 e. The molecule has 2 N–H and O–H groups in total. The Morgan fingerprint density at radius 1 is 1.41 bits per heavy atom. The maximum Gasteiger partial charge on any atom is 0.213 e. The molecule has 1 aromatic heterocycles. The highest BCUT2D eigenvalue weighted by Gasteiger charge is 2.21. The van der Waals surface area contributed by atoms with Gasteiger partial charge in [-0.15, -0.1) is 0 Å². The van der Waals surface area contributed by atoms with Crippen LogP contribution in [0.1, 0.15) is 45.6 Å². The van der Waals surface area contributed by atoms with Crippen LogP contribution in [0.4, 0.5) is 0 Å². The van der Waals surface area contributed by atoms with E-state index in [9.17, 15) is 0 Å². The van der Waals surface area contributed by atoms with Gasteiger partial charge in [0.05, 0.1) is 13.2 Å². The zero-order valence-electron chi connectivity index (χ0n) is 13.9. The van der Waals surface area contributed by atoms with Gasteiger partial charge in [0, 0.05) is 24.8 Å². The summed E-state index contributed by atoms with van der Waals surface area (Å²) in [6.45, 7) is 8.65. The van der Waals surface area contributed by atoms with Crippen molar-refractivity contribution in [1.82, 2.24) is 15.6 Å². The van der Waals surface area contributed by atoms with Crippen LogP contribution < -0.4 is 15.4 Å². The van der Waals surface area contributed by atoms with Crippen LogP contribution in [-0.4, -0.2) is 30.1 Å². The monoisotopic (exact) mass is 304 g/mol. The van der Waals surface area contributed by atoms with Crippen molar-refractivity contribution >= 4 is 5.96 Å². The van der Waals surface area contributed by atoms with Crippen LogP contribution in [0.25, 0.3) is 0 Å². The first-order valence-corrected chi connectivity index (χ1v) is 8.33. The van der Waals surface area contributed by atoms with Gasteiger partial charge in [-0.3, -0.25) is 0 Å². The number of hydrogen-bond donors (Lipinski definition) is 2. The molecule has 1 unspecified atom stereocenters. The maximum atomic E-state index is 5.64. The van der Waals surface area contributed by atoms with Crippen LogP contribution >= 0.6 is 0 Å². The molecule has 1 aliphatic rings. The van der Waals surface area contributed by atoms with Crippen molar-refractivity contribution < 1.29 is 4.74 Å². The lowest BCUT2D eigenvalue weighted by molar-refractivity contribution is 0.288. The average molecular weight is 304 g/mol. The highest BCUT2D eigenvalue weighted by atomic mass is 16.5. The van der Waals surface area contributed by atoms with E-state index in [4.69, 9.17) is 4.74 Å². The van der Waals surface area contributed by atoms with Crippen LogP contribution in [0.2, 0.25) is 0 Å². The number of aromatic nitrogens is 1. The number of pyridine rings is 1. The summed E-state index contributed by atoms with van der Waals surface area (Å²) in [7, 11) is 0. The molecule has 1 saturated carbocycles. The van der Waals surface area contributed by atoms with Crippen molar-refractivity contribution in [2.45, 2.75) is 52.6 Å². The number of rotatable bonds is 8. The van der Waals surface area contributed by atoms with Gasteiger partial charge in [0.25, 0.3) is 0 Å². The number of hydrogen-bond acceptors (Lipinski definition) is 3. The Labute approximate surface area is 133 Å². The fraction of sp³-hybridized carbons (Fsp3) is 0.647.